The molecule has 0 aromatic heterocycles. The van der Waals surface area contributed by atoms with E-state index in [0.717, 1.165) is 37.2 Å². The monoisotopic (exact) mass is 272 g/mol. The lowest BCUT2D eigenvalue weighted by molar-refractivity contribution is 0.0734. The molecule has 3 rings (SSSR count). The van der Waals surface area contributed by atoms with Gasteiger partial charge in [-0.15, -0.1) is 0 Å². The van der Waals surface area contributed by atoms with Gasteiger partial charge in [-0.1, -0.05) is 39.0 Å². The average molecular weight is 272 g/mol. The van der Waals surface area contributed by atoms with E-state index in [4.69, 9.17) is 0 Å². The first-order valence-electron chi connectivity index (χ1n) is 7.59. The summed E-state index contributed by atoms with van der Waals surface area (Å²) < 4.78 is 0. The average Bonchev–Trinajstić information content (AvgIpc) is 2.99. The molecule has 2 fully saturated rings. The Morgan fingerprint density at radius 1 is 1.25 bits per heavy atom. The number of carbonyl (C=O) groups is 1. The van der Waals surface area contributed by atoms with E-state index in [1.165, 1.54) is 0 Å². The van der Waals surface area contributed by atoms with Gasteiger partial charge in [0.05, 0.1) is 0 Å². The van der Waals surface area contributed by atoms with Crippen LogP contribution in [-0.4, -0.2) is 36.5 Å². The summed E-state index contributed by atoms with van der Waals surface area (Å²) in [7, 11) is 0. The molecule has 1 aromatic carbocycles. The number of likely N-dealkylation sites (tertiary alicyclic amines) is 1. The summed E-state index contributed by atoms with van der Waals surface area (Å²) >= 11 is 0. The molecule has 2 aliphatic rings. The maximum atomic E-state index is 13.0. The van der Waals surface area contributed by atoms with Crippen molar-refractivity contribution in [3.05, 3.63) is 35.4 Å². The fourth-order valence-electron chi connectivity index (χ4n) is 3.58. The minimum Gasteiger partial charge on any atom is -0.334 e. The van der Waals surface area contributed by atoms with Crippen molar-refractivity contribution < 1.29 is 4.79 Å². The zero-order valence-corrected chi connectivity index (χ0v) is 12.6. The molecule has 0 saturated carbocycles. The number of rotatable bonds is 1. The van der Waals surface area contributed by atoms with Gasteiger partial charge in [0, 0.05) is 31.2 Å². The summed E-state index contributed by atoms with van der Waals surface area (Å²) in [4.78, 5) is 15.0. The molecule has 0 bridgehead atoms. The minimum absolute atomic E-state index is 0.000689. The Bertz CT molecular complexity index is 518. The quantitative estimate of drug-likeness (QED) is 0.851. The second-order valence-corrected chi connectivity index (χ2v) is 7.07. The lowest BCUT2D eigenvalue weighted by Crippen LogP contribution is -2.40. The SMILES string of the molecule is CC(C)(C)c1ccccc1C(=O)N1CC[C@H]2CNC[C@H]21. The molecule has 3 nitrogen and oxygen atoms in total. The van der Waals surface area contributed by atoms with E-state index in [-0.39, 0.29) is 11.3 Å². The minimum atomic E-state index is -0.000689. The summed E-state index contributed by atoms with van der Waals surface area (Å²) in [6.45, 7) is 9.44. The first-order valence-corrected chi connectivity index (χ1v) is 7.59. The van der Waals surface area contributed by atoms with Crippen molar-refractivity contribution in [1.29, 1.82) is 0 Å². The highest BCUT2D eigenvalue weighted by Crippen LogP contribution is 2.31. The normalized spacial score (nSPS) is 25.9. The Morgan fingerprint density at radius 3 is 2.75 bits per heavy atom. The highest BCUT2D eigenvalue weighted by Gasteiger charge is 2.40. The summed E-state index contributed by atoms with van der Waals surface area (Å²) in [5, 5.41) is 3.41. The second-order valence-electron chi connectivity index (χ2n) is 7.07. The Balaban J connectivity index is 1.92. The third-order valence-electron chi connectivity index (χ3n) is 4.67. The van der Waals surface area contributed by atoms with E-state index < -0.39 is 0 Å². The molecule has 1 amide bonds. The van der Waals surface area contributed by atoms with Crippen LogP contribution in [-0.2, 0) is 5.41 Å². The lowest BCUT2D eigenvalue weighted by Gasteiger charge is -2.28. The van der Waals surface area contributed by atoms with Gasteiger partial charge in [-0.2, -0.15) is 0 Å². The number of hydrogen-bond donors (Lipinski definition) is 1. The van der Waals surface area contributed by atoms with Crippen LogP contribution in [0.15, 0.2) is 24.3 Å². The molecule has 0 spiro atoms. The molecule has 2 aliphatic heterocycles. The zero-order valence-electron chi connectivity index (χ0n) is 12.6. The predicted octanol–water partition coefficient (Wildman–Crippen LogP) is 2.42. The number of amides is 1. The van der Waals surface area contributed by atoms with Crippen molar-refractivity contribution in [3.63, 3.8) is 0 Å². The van der Waals surface area contributed by atoms with Gasteiger partial charge in [-0.3, -0.25) is 4.79 Å². The van der Waals surface area contributed by atoms with E-state index >= 15 is 0 Å². The van der Waals surface area contributed by atoms with Gasteiger partial charge in [0.15, 0.2) is 0 Å². The molecule has 3 heteroatoms. The van der Waals surface area contributed by atoms with Gasteiger partial charge in [0.25, 0.3) is 5.91 Å². The van der Waals surface area contributed by atoms with Crippen LogP contribution in [0.1, 0.15) is 43.1 Å². The van der Waals surface area contributed by atoms with E-state index in [2.05, 4.69) is 37.1 Å². The molecule has 108 valence electrons. The van der Waals surface area contributed by atoms with Crippen LogP contribution >= 0.6 is 0 Å². The number of benzene rings is 1. The molecule has 1 N–H and O–H groups in total. The molecule has 20 heavy (non-hydrogen) atoms. The van der Waals surface area contributed by atoms with Gasteiger partial charge >= 0.3 is 0 Å². The second kappa shape index (κ2) is 4.88. The largest absolute Gasteiger partial charge is 0.334 e. The fourth-order valence-corrected chi connectivity index (χ4v) is 3.58. The summed E-state index contributed by atoms with van der Waals surface area (Å²) in [6.07, 6.45) is 1.14. The molecular weight excluding hydrogens is 248 g/mol. The number of nitrogens with zero attached hydrogens (tertiary/aromatic N) is 1. The van der Waals surface area contributed by atoms with Crippen molar-refractivity contribution in [2.75, 3.05) is 19.6 Å². The molecule has 0 radical (unpaired) electrons. The number of fused-ring (bicyclic) bond motifs is 1. The number of carbonyl (C=O) groups excluding carboxylic acids is 1. The van der Waals surface area contributed by atoms with Crippen LogP contribution in [0.25, 0.3) is 0 Å². The molecule has 2 saturated heterocycles. The molecule has 1 aromatic rings. The van der Waals surface area contributed by atoms with Crippen LogP contribution in [0.4, 0.5) is 0 Å². The Hall–Kier alpha value is -1.35. The first kappa shape index (κ1) is 13.6. The molecule has 0 unspecified atom stereocenters. The van der Waals surface area contributed by atoms with Crippen molar-refractivity contribution in [2.24, 2.45) is 5.92 Å². The number of nitrogens with one attached hydrogen (secondary N) is 1. The van der Waals surface area contributed by atoms with Gasteiger partial charge in [-0.05, 0) is 29.4 Å². The fraction of sp³-hybridized carbons (Fsp3) is 0.588. The Labute approximate surface area is 121 Å². The highest BCUT2D eigenvalue weighted by atomic mass is 16.2. The van der Waals surface area contributed by atoms with E-state index in [0.29, 0.717) is 12.0 Å². The van der Waals surface area contributed by atoms with Crippen molar-refractivity contribution in [3.8, 4) is 0 Å². The summed E-state index contributed by atoms with van der Waals surface area (Å²) in [5.41, 5.74) is 2.03. The highest BCUT2D eigenvalue weighted by molar-refractivity contribution is 5.96. The topological polar surface area (TPSA) is 32.3 Å². The van der Waals surface area contributed by atoms with E-state index in [1.807, 2.05) is 18.2 Å². The third kappa shape index (κ3) is 2.24. The van der Waals surface area contributed by atoms with Crippen LogP contribution < -0.4 is 5.32 Å². The van der Waals surface area contributed by atoms with E-state index in [1.54, 1.807) is 0 Å². The van der Waals surface area contributed by atoms with Crippen molar-refractivity contribution in [1.82, 2.24) is 10.2 Å². The Kier molecular flexibility index (Phi) is 3.33. The van der Waals surface area contributed by atoms with Gasteiger partial charge in [0.2, 0.25) is 0 Å². The standard InChI is InChI=1S/C17H24N2O/c1-17(2,3)14-7-5-4-6-13(14)16(20)19-9-8-12-10-18-11-15(12)19/h4-7,12,15,18H,8-11H2,1-3H3/t12-,15+/m0/s1. The van der Waals surface area contributed by atoms with Crippen molar-refractivity contribution in [2.45, 2.75) is 38.6 Å². The van der Waals surface area contributed by atoms with Crippen LogP contribution in [0.2, 0.25) is 0 Å². The molecular formula is C17H24N2O. The summed E-state index contributed by atoms with van der Waals surface area (Å²) in [6, 6.07) is 8.48. The molecule has 0 aliphatic carbocycles. The van der Waals surface area contributed by atoms with Crippen LogP contribution in [0.3, 0.4) is 0 Å². The van der Waals surface area contributed by atoms with Crippen LogP contribution in [0, 0.1) is 5.92 Å². The zero-order chi connectivity index (χ0) is 14.3. The molecule has 2 heterocycles. The maximum absolute atomic E-state index is 13.0. The van der Waals surface area contributed by atoms with Gasteiger partial charge < -0.3 is 10.2 Å². The smallest absolute Gasteiger partial charge is 0.254 e. The summed E-state index contributed by atoms with van der Waals surface area (Å²) in [5.74, 6) is 0.868. The predicted molar refractivity (Wildman–Crippen MR) is 80.9 cm³/mol. The van der Waals surface area contributed by atoms with Gasteiger partial charge in [0.1, 0.15) is 0 Å². The van der Waals surface area contributed by atoms with Crippen LogP contribution in [0.5, 0.6) is 0 Å². The Morgan fingerprint density at radius 2 is 2.00 bits per heavy atom. The molecule has 2 atom stereocenters. The number of hydrogen-bond acceptors (Lipinski definition) is 2. The van der Waals surface area contributed by atoms with Gasteiger partial charge in [-0.25, -0.2) is 0 Å². The third-order valence-corrected chi connectivity index (χ3v) is 4.67. The van der Waals surface area contributed by atoms with Crippen molar-refractivity contribution >= 4 is 5.91 Å². The first-order chi connectivity index (χ1) is 9.48. The maximum Gasteiger partial charge on any atom is 0.254 e. The lowest BCUT2D eigenvalue weighted by atomic mass is 9.83. The van der Waals surface area contributed by atoms with E-state index in [9.17, 15) is 4.79 Å².